The lowest BCUT2D eigenvalue weighted by Crippen LogP contribution is -2.50. The van der Waals surface area contributed by atoms with E-state index in [0.717, 1.165) is 25.7 Å². The number of fused-ring (bicyclic) bond motifs is 1. The fourth-order valence-corrected chi connectivity index (χ4v) is 4.44. The number of aromatic nitrogens is 1. The monoisotopic (exact) mass is 350 g/mol. The molecule has 0 spiro atoms. The summed E-state index contributed by atoms with van der Waals surface area (Å²) in [5.74, 6) is -1.79. The Morgan fingerprint density at radius 2 is 1.77 bits per heavy atom. The van der Waals surface area contributed by atoms with Crippen LogP contribution in [0, 0.1) is 0 Å². The largest absolute Gasteiger partial charge is 0.481 e. The zero-order chi connectivity index (χ0) is 18.1. The maximum atomic E-state index is 13.4. The van der Waals surface area contributed by atoms with Crippen LogP contribution in [-0.2, 0) is 4.79 Å². The van der Waals surface area contributed by atoms with E-state index in [4.69, 9.17) is 0 Å². The minimum atomic E-state index is -0.915. The smallest absolute Gasteiger partial charge is 0.313 e. The fraction of sp³-hybridized carbons (Fsp3) is 0.381. The van der Waals surface area contributed by atoms with Gasteiger partial charge in [-0.05, 0) is 36.6 Å². The first-order valence-corrected chi connectivity index (χ1v) is 9.24. The van der Waals surface area contributed by atoms with Gasteiger partial charge in [-0.15, -0.1) is 0 Å². The molecule has 0 radical (unpaired) electrons. The van der Waals surface area contributed by atoms with Crippen molar-refractivity contribution in [3.05, 3.63) is 65.5 Å². The third-order valence-electron chi connectivity index (χ3n) is 5.60. The van der Waals surface area contributed by atoms with Crippen LogP contribution in [0.5, 0.6) is 0 Å². The van der Waals surface area contributed by atoms with Crippen molar-refractivity contribution in [2.45, 2.75) is 50.1 Å². The maximum absolute atomic E-state index is 13.4. The van der Waals surface area contributed by atoms with E-state index in [-0.39, 0.29) is 11.9 Å². The van der Waals surface area contributed by atoms with E-state index < -0.39 is 17.9 Å². The second kappa shape index (κ2) is 6.90. The molecule has 2 heterocycles. The molecule has 2 atom stereocenters. The summed E-state index contributed by atoms with van der Waals surface area (Å²) in [7, 11) is 0. The number of pyridine rings is 1. The van der Waals surface area contributed by atoms with Crippen LogP contribution < -0.4 is 0 Å². The van der Waals surface area contributed by atoms with E-state index in [1.807, 2.05) is 23.1 Å². The Morgan fingerprint density at radius 3 is 2.46 bits per heavy atom. The van der Waals surface area contributed by atoms with Gasteiger partial charge in [-0.1, -0.05) is 43.5 Å². The Kier molecular flexibility index (Phi) is 4.45. The Morgan fingerprint density at radius 1 is 1.04 bits per heavy atom. The molecule has 1 amide bonds. The van der Waals surface area contributed by atoms with Crippen LogP contribution in [0.25, 0.3) is 0 Å². The lowest BCUT2D eigenvalue weighted by molar-refractivity contribution is -0.141. The van der Waals surface area contributed by atoms with Gasteiger partial charge in [-0.25, -0.2) is 0 Å². The first-order valence-electron chi connectivity index (χ1n) is 9.24. The molecule has 1 aromatic carbocycles. The molecule has 5 heteroatoms. The third-order valence-corrected chi connectivity index (χ3v) is 5.60. The number of amides is 1. The Bertz CT molecular complexity index is 815. The summed E-state index contributed by atoms with van der Waals surface area (Å²) in [6.45, 7) is 0. The van der Waals surface area contributed by atoms with Crippen molar-refractivity contribution in [2.75, 3.05) is 0 Å². The standard InChI is InChI=1S/C21H22N2O3/c24-20-16-11-5-4-10-15(16)18(21(25)26)19(17-12-6-7-13-22-17)23(20)14-8-2-1-3-9-14/h4-7,10-14,18-19H,1-3,8-9H2,(H,25,26). The zero-order valence-electron chi connectivity index (χ0n) is 14.5. The second-order valence-corrected chi connectivity index (χ2v) is 7.11. The van der Waals surface area contributed by atoms with Gasteiger partial charge in [0.1, 0.15) is 5.92 Å². The summed E-state index contributed by atoms with van der Waals surface area (Å²) in [5.41, 5.74) is 1.75. The van der Waals surface area contributed by atoms with E-state index in [2.05, 4.69) is 4.98 Å². The van der Waals surface area contributed by atoms with E-state index >= 15 is 0 Å². The average Bonchev–Trinajstić information content (AvgIpc) is 2.69. The molecule has 1 aliphatic heterocycles. The predicted molar refractivity (Wildman–Crippen MR) is 96.8 cm³/mol. The Hall–Kier alpha value is -2.69. The number of nitrogens with zero attached hydrogens (tertiary/aromatic N) is 2. The van der Waals surface area contributed by atoms with Gasteiger partial charge in [0.2, 0.25) is 0 Å². The fourth-order valence-electron chi connectivity index (χ4n) is 4.44. The van der Waals surface area contributed by atoms with Gasteiger partial charge in [0.15, 0.2) is 0 Å². The molecule has 1 aromatic heterocycles. The molecule has 5 nitrogen and oxygen atoms in total. The minimum absolute atomic E-state index is 0.0680. The van der Waals surface area contributed by atoms with E-state index in [0.29, 0.717) is 16.8 Å². The molecule has 1 N–H and O–H groups in total. The summed E-state index contributed by atoms with van der Waals surface area (Å²) >= 11 is 0. The number of hydrogen-bond donors (Lipinski definition) is 1. The predicted octanol–water partition coefficient (Wildman–Crippen LogP) is 3.78. The molecule has 134 valence electrons. The lowest BCUT2D eigenvalue weighted by Gasteiger charge is -2.45. The lowest BCUT2D eigenvalue weighted by atomic mass is 9.79. The normalized spacial score (nSPS) is 23.5. The molecular formula is C21H22N2O3. The first kappa shape index (κ1) is 16.8. The summed E-state index contributed by atoms with van der Waals surface area (Å²) in [6, 6.07) is 12.1. The van der Waals surface area contributed by atoms with Crippen molar-refractivity contribution < 1.29 is 14.7 Å². The molecular weight excluding hydrogens is 328 g/mol. The van der Waals surface area contributed by atoms with Crippen LogP contribution in [0.1, 0.15) is 65.7 Å². The van der Waals surface area contributed by atoms with Crippen molar-refractivity contribution in [1.29, 1.82) is 0 Å². The average molecular weight is 350 g/mol. The zero-order valence-corrected chi connectivity index (χ0v) is 14.5. The summed E-state index contributed by atoms with van der Waals surface area (Å²) in [4.78, 5) is 31.9. The van der Waals surface area contributed by atoms with Gasteiger partial charge in [-0.3, -0.25) is 14.6 Å². The van der Waals surface area contributed by atoms with Gasteiger partial charge in [0.25, 0.3) is 5.91 Å². The summed E-state index contributed by atoms with van der Waals surface area (Å²) < 4.78 is 0. The Labute approximate surface area is 152 Å². The van der Waals surface area contributed by atoms with E-state index in [9.17, 15) is 14.7 Å². The number of aliphatic carboxylic acids is 1. The van der Waals surface area contributed by atoms with Crippen molar-refractivity contribution in [3.8, 4) is 0 Å². The van der Waals surface area contributed by atoms with Gasteiger partial charge < -0.3 is 10.0 Å². The van der Waals surface area contributed by atoms with Crippen molar-refractivity contribution in [2.24, 2.45) is 0 Å². The quantitative estimate of drug-likeness (QED) is 0.914. The molecule has 1 aliphatic carbocycles. The Balaban J connectivity index is 1.89. The molecule has 2 unspecified atom stereocenters. The highest BCUT2D eigenvalue weighted by molar-refractivity contribution is 6.00. The van der Waals surface area contributed by atoms with Crippen LogP contribution in [-0.4, -0.2) is 32.9 Å². The second-order valence-electron chi connectivity index (χ2n) is 7.11. The molecule has 1 saturated carbocycles. The summed E-state index contributed by atoms with van der Waals surface area (Å²) in [6.07, 6.45) is 6.82. The minimum Gasteiger partial charge on any atom is -0.481 e. The number of carboxylic acid groups (broad SMARTS) is 1. The van der Waals surface area contributed by atoms with E-state index in [1.54, 1.807) is 30.5 Å². The van der Waals surface area contributed by atoms with Crippen LogP contribution in [0.3, 0.4) is 0 Å². The molecule has 4 rings (SSSR count). The number of carbonyl (C=O) groups is 2. The highest BCUT2D eigenvalue weighted by Gasteiger charge is 2.47. The highest BCUT2D eigenvalue weighted by Crippen LogP contribution is 2.45. The van der Waals surface area contributed by atoms with Gasteiger partial charge in [0.05, 0.1) is 11.7 Å². The number of carbonyl (C=O) groups excluding carboxylic acids is 1. The molecule has 1 fully saturated rings. The topological polar surface area (TPSA) is 70.5 Å². The molecule has 0 bridgehead atoms. The van der Waals surface area contributed by atoms with Crippen LogP contribution in [0.4, 0.5) is 0 Å². The van der Waals surface area contributed by atoms with Crippen LogP contribution in [0.15, 0.2) is 48.7 Å². The number of hydrogen-bond acceptors (Lipinski definition) is 3. The summed E-state index contributed by atoms with van der Waals surface area (Å²) in [5, 5.41) is 10.1. The van der Waals surface area contributed by atoms with Gasteiger partial charge in [-0.2, -0.15) is 0 Å². The molecule has 2 aromatic rings. The number of rotatable bonds is 3. The van der Waals surface area contributed by atoms with Crippen LogP contribution >= 0.6 is 0 Å². The maximum Gasteiger partial charge on any atom is 0.313 e. The number of benzene rings is 1. The van der Waals surface area contributed by atoms with Crippen LogP contribution in [0.2, 0.25) is 0 Å². The van der Waals surface area contributed by atoms with Gasteiger partial charge in [0, 0.05) is 17.8 Å². The van der Waals surface area contributed by atoms with Gasteiger partial charge >= 0.3 is 5.97 Å². The third kappa shape index (κ3) is 2.77. The SMILES string of the molecule is O=C(O)C1c2ccccc2C(=O)N(C2CCCCC2)C1c1ccccn1. The molecule has 26 heavy (non-hydrogen) atoms. The molecule has 0 saturated heterocycles. The number of carboxylic acids is 1. The van der Waals surface area contributed by atoms with Crippen molar-refractivity contribution >= 4 is 11.9 Å². The van der Waals surface area contributed by atoms with Crippen molar-refractivity contribution in [1.82, 2.24) is 9.88 Å². The highest BCUT2D eigenvalue weighted by atomic mass is 16.4. The molecule has 2 aliphatic rings. The van der Waals surface area contributed by atoms with E-state index in [1.165, 1.54) is 6.42 Å². The van der Waals surface area contributed by atoms with Crippen molar-refractivity contribution in [3.63, 3.8) is 0 Å². The first-order chi connectivity index (χ1) is 12.7.